The molecule has 2 aromatic carbocycles. The fraction of sp³-hybridized carbons (Fsp3) is 0.435. The van der Waals surface area contributed by atoms with Gasteiger partial charge in [0.1, 0.15) is 0 Å². The normalized spacial score (nSPS) is 14.6. The van der Waals surface area contributed by atoms with Crippen molar-refractivity contribution in [2.75, 3.05) is 26.0 Å². The molecule has 2 rings (SSSR count). The first-order valence-corrected chi connectivity index (χ1v) is 12.8. The Bertz CT molecular complexity index is 977. The number of ether oxygens (including phenoxy) is 2. The molecular formula is C23H29O7PS. The molecule has 0 bridgehead atoms. The Morgan fingerprint density at radius 3 is 2.25 bits per heavy atom. The second-order valence-corrected chi connectivity index (χ2v) is 9.46. The van der Waals surface area contributed by atoms with Crippen LogP contribution in [0.15, 0.2) is 59.5 Å². The number of esters is 1. The number of rotatable bonds is 13. The minimum Gasteiger partial charge on any atom is -0.464 e. The van der Waals surface area contributed by atoms with Crippen molar-refractivity contribution in [3.63, 3.8) is 0 Å². The zero-order chi connectivity index (χ0) is 23.6. The molecule has 0 saturated carbocycles. The first-order chi connectivity index (χ1) is 15.3. The molecule has 2 aromatic rings. The second-order valence-electron chi connectivity index (χ2n) is 7.27. The average molecular weight is 481 g/mol. The van der Waals surface area contributed by atoms with Crippen LogP contribution in [0.25, 0.3) is 0 Å². The maximum atomic E-state index is 13.0. The monoisotopic (exact) mass is 480 g/mol. The SMILES string of the molecule is CCOC(=O)C(CP=O)(OCC)C(COS(=O)(=O)c1ccc(C)cc1)Cc1ccccc1. The van der Waals surface area contributed by atoms with Crippen molar-refractivity contribution in [1.29, 1.82) is 0 Å². The third-order valence-electron chi connectivity index (χ3n) is 5.04. The first kappa shape index (κ1) is 26.1. The van der Waals surface area contributed by atoms with E-state index in [0.717, 1.165) is 11.1 Å². The molecule has 0 spiro atoms. The van der Waals surface area contributed by atoms with E-state index in [1.807, 2.05) is 37.3 Å². The van der Waals surface area contributed by atoms with E-state index in [9.17, 15) is 17.8 Å². The summed E-state index contributed by atoms with van der Waals surface area (Å²) < 4.78 is 53.8. The average Bonchev–Trinajstić information content (AvgIpc) is 2.77. The third-order valence-corrected chi connectivity index (χ3v) is 6.94. The van der Waals surface area contributed by atoms with Crippen LogP contribution in [0.3, 0.4) is 0 Å². The molecule has 174 valence electrons. The molecular weight excluding hydrogens is 451 g/mol. The van der Waals surface area contributed by atoms with Gasteiger partial charge in [0.05, 0.1) is 24.3 Å². The van der Waals surface area contributed by atoms with Crippen LogP contribution in [0, 0.1) is 12.8 Å². The summed E-state index contributed by atoms with van der Waals surface area (Å²) in [5, 5.41) is 0. The Kier molecular flexibility index (Phi) is 9.97. The van der Waals surface area contributed by atoms with Gasteiger partial charge in [-0.1, -0.05) is 48.0 Å². The third kappa shape index (κ3) is 6.69. The minimum absolute atomic E-state index is 0.0154. The molecule has 0 amide bonds. The van der Waals surface area contributed by atoms with Gasteiger partial charge < -0.3 is 9.47 Å². The summed E-state index contributed by atoms with van der Waals surface area (Å²) in [7, 11) is -4.41. The van der Waals surface area contributed by atoms with Crippen molar-refractivity contribution in [3.05, 3.63) is 65.7 Å². The van der Waals surface area contributed by atoms with Crippen LogP contribution in [0.5, 0.6) is 0 Å². The molecule has 2 unspecified atom stereocenters. The Morgan fingerprint density at radius 1 is 1.03 bits per heavy atom. The second kappa shape index (κ2) is 12.2. The topological polar surface area (TPSA) is 96.0 Å². The molecule has 0 heterocycles. The quantitative estimate of drug-likeness (QED) is 0.241. The summed E-state index contributed by atoms with van der Waals surface area (Å²) >= 11 is 0. The molecule has 2 atom stereocenters. The zero-order valence-electron chi connectivity index (χ0n) is 18.5. The van der Waals surface area contributed by atoms with Crippen molar-refractivity contribution < 1.29 is 31.4 Å². The minimum atomic E-state index is -4.08. The van der Waals surface area contributed by atoms with Crippen molar-refractivity contribution in [3.8, 4) is 0 Å². The van der Waals surface area contributed by atoms with Crippen molar-refractivity contribution in [2.45, 2.75) is 37.7 Å². The van der Waals surface area contributed by atoms with E-state index in [-0.39, 0.29) is 45.8 Å². The van der Waals surface area contributed by atoms with Crippen molar-refractivity contribution in [1.82, 2.24) is 0 Å². The number of carbonyl (C=O) groups is 1. The Hall–Kier alpha value is -2.12. The summed E-state index contributed by atoms with van der Waals surface area (Å²) in [5.41, 5.74) is 0.134. The lowest BCUT2D eigenvalue weighted by Gasteiger charge is -2.36. The Morgan fingerprint density at radius 2 is 1.69 bits per heavy atom. The van der Waals surface area contributed by atoms with Gasteiger partial charge in [-0.3, -0.25) is 8.75 Å². The maximum absolute atomic E-state index is 13.0. The highest BCUT2D eigenvalue weighted by Gasteiger charge is 2.49. The van der Waals surface area contributed by atoms with Gasteiger partial charge in [0.2, 0.25) is 0 Å². The van der Waals surface area contributed by atoms with Crippen molar-refractivity contribution >= 4 is 24.5 Å². The van der Waals surface area contributed by atoms with Crippen LogP contribution in [0.2, 0.25) is 0 Å². The number of hydrogen-bond donors (Lipinski definition) is 0. The predicted octanol–water partition coefficient (Wildman–Crippen LogP) is 4.19. The van der Waals surface area contributed by atoms with Gasteiger partial charge in [-0.25, -0.2) is 4.79 Å². The lowest BCUT2D eigenvalue weighted by atomic mass is 9.84. The van der Waals surface area contributed by atoms with Crippen LogP contribution in [-0.4, -0.2) is 46.0 Å². The van der Waals surface area contributed by atoms with E-state index >= 15 is 0 Å². The van der Waals surface area contributed by atoms with Gasteiger partial charge in [-0.2, -0.15) is 8.42 Å². The van der Waals surface area contributed by atoms with E-state index in [0.29, 0.717) is 0 Å². The van der Waals surface area contributed by atoms with Gasteiger partial charge in [-0.05, 0) is 44.9 Å². The zero-order valence-corrected chi connectivity index (χ0v) is 20.2. The molecule has 0 fully saturated rings. The summed E-state index contributed by atoms with van der Waals surface area (Å²) in [4.78, 5) is 13.0. The molecule has 7 nitrogen and oxygen atoms in total. The number of aryl methyl sites for hydroxylation is 1. The fourth-order valence-electron chi connectivity index (χ4n) is 3.39. The summed E-state index contributed by atoms with van der Waals surface area (Å²) in [5.74, 6) is -1.46. The van der Waals surface area contributed by atoms with Crippen LogP contribution in [-0.2, 0) is 39.6 Å². The standard InChI is InChI=1S/C23H29O7PS/c1-4-28-22(24)23(17-31-25,29-5-2)20(15-19-9-7-6-8-10-19)16-30-32(26,27)21-13-11-18(3)12-14-21/h6-14,20H,4-5,15-17H2,1-3H3. The van der Waals surface area contributed by atoms with Gasteiger partial charge in [0.25, 0.3) is 10.1 Å². The lowest BCUT2D eigenvalue weighted by Crippen LogP contribution is -2.53. The summed E-state index contributed by atoms with van der Waals surface area (Å²) in [6.07, 6.45) is 0.0731. The van der Waals surface area contributed by atoms with Gasteiger partial charge in [0, 0.05) is 12.5 Å². The highest BCUT2D eigenvalue weighted by molar-refractivity contribution is 7.86. The number of hydrogen-bond acceptors (Lipinski definition) is 7. The van der Waals surface area contributed by atoms with Crippen LogP contribution in [0.1, 0.15) is 25.0 Å². The first-order valence-electron chi connectivity index (χ1n) is 10.4. The van der Waals surface area contributed by atoms with Gasteiger partial charge >= 0.3 is 5.97 Å². The summed E-state index contributed by atoms with van der Waals surface area (Å²) in [6, 6.07) is 15.5. The molecule has 9 heteroatoms. The van der Waals surface area contributed by atoms with Crippen LogP contribution < -0.4 is 0 Å². The predicted molar refractivity (Wildman–Crippen MR) is 121 cm³/mol. The smallest absolute Gasteiger partial charge is 0.339 e. The molecule has 0 N–H and O–H groups in total. The van der Waals surface area contributed by atoms with Crippen LogP contribution >= 0.6 is 8.46 Å². The Balaban J connectivity index is 2.43. The van der Waals surface area contributed by atoms with Crippen molar-refractivity contribution in [2.24, 2.45) is 5.92 Å². The highest BCUT2D eigenvalue weighted by Crippen LogP contribution is 2.32. The Labute approximate surface area is 191 Å². The van der Waals surface area contributed by atoms with E-state index in [1.165, 1.54) is 12.1 Å². The maximum Gasteiger partial charge on any atom is 0.339 e. The number of benzene rings is 2. The molecule has 0 saturated heterocycles. The van der Waals surface area contributed by atoms with E-state index in [1.54, 1.807) is 26.0 Å². The summed E-state index contributed by atoms with van der Waals surface area (Å²) in [6.45, 7) is 5.12. The van der Waals surface area contributed by atoms with E-state index in [4.69, 9.17) is 13.7 Å². The van der Waals surface area contributed by atoms with E-state index in [2.05, 4.69) is 0 Å². The van der Waals surface area contributed by atoms with Crippen LogP contribution in [0.4, 0.5) is 0 Å². The largest absolute Gasteiger partial charge is 0.464 e. The molecule has 32 heavy (non-hydrogen) atoms. The van der Waals surface area contributed by atoms with E-state index < -0.39 is 27.6 Å². The lowest BCUT2D eigenvalue weighted by molar-refractivity contribution is -0.178. The number of carbonyl (C=O) groups excluding carboxylic acids is 1. The molecule has 0 radical (unpaired) electrons. The molecule has 0 aliphatic heterocycles. The molecule has 0 aliphatic rings. The highest BCUT2D eigenvalue weighted by atomic mass is 32.2. The van der Waals surface area contributed by atoms with Gasteiger partial charge in [0.15, 0.2) is 14.1 Å². The van der Waals surface area contributed by atoms with Gasteiger partial charge in [-0.15, -0.1) is 0 Å². The fourth-order valence-corrected chi connectivity index (χ4v) is 5.01. The molecule has 0 aliphatic carbocycles. The molecule has 0 aromatic heterocycles.